The number of hydrogen-bond donors (Lipinski definition) is 0. The van der Waals surface area contributed by atoms with E-state index in [9.17, 15) is 8.42 Å². The third-order valence-electron chi connectivity index (χ3n) is 10.0. The number of sulfone groups is 1. The molecule has 0 saturated heterocycles. The SMILES string of the molecule is O=S(=O)(c1ccccc1)[C@]1(c2ccccc2)C(c2ccccc2)[C@@H]1CC12CC3CC(CC(C3)C1)C2. The van der Waals surface area contributed by atoms with Crippen molar-refractivity contribution in [2.24, 2.45) is 29.1 Å². The Hall–Kier alpha value is -2.39. The van der Waals surface area contributed by atoms with E-state index in [2.05, 4.69) is 36.4 Å². The first-order valence-corrected chi connectivity index (χ1v) is 14.9. The van der Waals surface area contributed by atoms with Gasteiger partial charge in [-0.1, -0.05) is 78.9 Å². The number of rotatable bonds is 6. The monoisotopic (exact) mass is 482 g/mol. The van der Waals surface area contributed by atoms with Gasteiger partial charge in [-0.05, 0) is 97.3 Å². The Labute approximate surface area is 209 Å². The summed E-state index contributed by atoms with van der Waals surface area (Å²) in [4.78, 5) is 0.456. The highest BCUT2D eigenvalue weighted by Gasteiger charge is 2.74. The molecule has 180 valence electrons. The molecule has 5 fully saturated rings. The minimum absolute atomic E-state index is 0.00990. The van der Waals surface area contributed by atoms with Gasteiger partial charge >= 0.3 is 0 Å². The summed E-state index contributed by atoms with van der Waals surface area (Å²) < 4.78 is 28.5. The quantitative estimate of drug-likeness (QED) is 0.367. The summed E-state index contributed by atoms with van der Waals surface area (Å²) in [6, 6.07) is 29.9. The van der Waals surface area contributed by atoms with Gasteiger partial charge in [-0.2, -0.15) is 0 Å². The summed E-state index contributed by atoms with van der Waals surface area (Å²) in [5.41, 5.74) is 2.47. The van der Waals surface area contributed by atoms with Crippen LogP contribution in [0.25, 0.3) is 0 Å². The van der Waals surface area contributed by atoms with E-state index in [1.54, 1.807) is 12.1 Å². The van der Waals surface area contributed by atoms with Crippen molar-refractivity contribution in [3.63, 3.8) is 0 Å². The average Bonchev–Trinajstić information content (AvgIpc) is 3.53. The Morgan fingerprint density at radius 3 is 1.69 bits per heavy atom. The molecule has 5 aliphatic carbocycles. The number of hydrogen-bond acceptors (Lipinski definition) is 2. The molecule has 5 aliphatic rings. The van der Waals surface area contributed by atoms with E-state index in [0.717, 1.165) is 29.7 Å². The highest BCUT2D eigenvalue weighted by atomic mass is 32.2. The van der Waals surface area contributed by atoms with E-state index in [-0.39, 0.29) is 11.8 Å². The molecule has 0 spiro atoms. The van der Waals surface area contributed by atoms with Crippen LogP contribution in [0.3, 0.4) is 0 Å². The van der Waals surface area contributed by atoms with E-state index in [4.69, 9.17) is 0 Å². The Kier molecular flexibility index (Phi) is 4.87. The van der Waals surface area contributed by atoms with E-state index in [0.29, 0.717) is 10.3 Å². The first-order valence-electron chi connectivity index (χ1n) is 13.4. The summed E-state index contributed by atoms with van der Waals surface area (Å²) in [6.07, 6.45) is 9.22. The highest BCUT2D eigenvalue weighted by Crippen LogP contribution is 2.75. The number of benzene rings is 3. The molecule has 0 radical (unpaired) electrons. The van der Waals surface area contributed by atoms with Crippen LogP contribution in [-0.2, 0) is 14.6 Å². The average molecular weight is 483 g/mol. The summed E-state index contributed by atoms with van der Waals surface area (Å²) >= 11 is 0. The van der Waals surface area contributed by atoms with Crippen LogP contribution < -0.4 is 0 Å². The smallest absolute Gasteiger partial charge is 0.189 e. The summed E-state index contributed by atoms with van der Waals surface area (Å²) in [6.45, 7) is 0. The van der Waals surface area contributed by atoms with Crippen molar-refractivity contribution >= 4 is 9.84 Å². The molecular weight excluding hydrogens is 448 g/mol. The maximum atomic E-state index is 14.7. The van der Waals surface area contributed by atoms with Crippen molar-refractivity contribution in [3.05, 3.63) is 102 Å². The fourth-order valence-corrected chi connectivity index (χ4v) is 11.8. The fourth-order valence-electron chi connectivity index (χ4n) is 9.26. The molecule has 0 N–H and O–H groups in total. The van der Waals surface area contributed by atoms with Crippen molar-refractivity contribution in [1.29, 1.82) is 0 Å². The zero-order valence-corrected chi connectivity index (χ0v) is 21.0. The molecule has 8 rings (SSSR count). The molecule has 3 aromatic rings. The molecule has 1 unspecified atom stereocenters. The van der Waals surface area contributed by atoms with Crippen LogP contribution in [0.1, 0.15) is 62.0 Å². The molecule has 0 aromatic heterocycles. The topological polar surface area (TPSA) is 34.1 Å². The van der Waals surface area contributed by atoms with Crippen LogP contribution >= 0.6 is 0 Å². The Bertz CT molecular complexity index is 1280. The lowest BCUT2D eigenvalue weighted by Gasteiger charge is -2.57. The third kappa shape index (κ3) is 3.23. The molecule has 3 heteroatoms. The highest BCUT2D eigenvalue weighted by molar-refractivity contribution is 7.92. The van der Waals surface area contributed by atoms with Gasteiger partial charge in [0, 0.05) is 5.92 Å². The van der Waals surface area contributed by atoms with Crippen molar-refractivity contribution in [3.8, 4) is 0 Å². The lowest BCUT2D eigenvalue weighted by atomic mass is 9.48. The standard InChI is InChI=1S/C32H34O2S/c33-35(34,28-14-8-3-9-15-28)32(27-12-6-2-7-13-27)29(30(32)26-10-4-1-5-11-26)22-31-19-23-16-24(20-31)18-25(17-23)21-31/h1-15,23-25,29-30H,16-22H2/t23?,24?,25?,29-,30?,31?,32-/m0/s1. The van der Waals surface area contributed by atoms with Crippen molar-refractivity contribution < 1.29 is 8.42 Å². The van der Waals surface area contributed by atoms with Crippen LogP contribution in [0.5, 0.6) is 0 Å². The van der Waals surface area contributed by atoms with Crippen LogP contribution in [-0.4, -0.2) is 8.42 Å². The van der Waals surface area contributed by atoms with Gasteiger partial charge < -0.3 is 0 Å². The first-order chi connectivity index (χ1) is 17.0. The summed E-state index contributed by atoms with van der Waals surface area (Å²) in [5, 5.41) is 0. The Morgan fingerprint density at radius 2 is 1.14 bits per heavy atom. The first kappa shape index (κ1) is 21.9. The molecule has 35 heavy (non-hydrogen) atoms. The second-order valence-corrected chi connectivity index (χ2v) is 14.2. The lowest BCUT2D eigenvalue weighted by molar-refractivity contribution is -0.0608. The predicted molar refractivity (Wildman–Crippen MR) is 140 cm³/mol. The summed E-state index contributed by atoms with van der Waals surface area (Å²) in [5.74, 6) is 2.70. The van der Waals surface area contributed by atoms with Crippen LogP contribution in [0.15, 0.2) is 95.9 Å². The minimum atomic E-state index is -3.61. The Balaban J connectivity index is 1.39. The predicted octanol–water partition coefficient (Wildman–Crippen LogP) is 7.38. The fraction of sp³-hybridized carbons (Fsp3) is 0.438. The normalized spacial score (nSPS) is 37.3. The molecule has 4 bridgehead atoms. The van der Waals surface area contributed by atoms with Crippen LogP contribution in [0.2, 0.25) is 0 Å². The third-order valence-corrected chi connectivity index (χ3v) is 12.6. The molecule has 0 heterocycles. The van der Waals surface area contributed by atoms with Crippen molar-refractivity contribution in [2.45, 2.75) is 60.5 Å². The molecule has 3 atom stereocenters. The minimum Gasteiger partial charge on any atom is -0.223 e. The lowest BCUT2D eigenvalue weighted by Crippen LogP contribution is -2.46. The molecule has 0 aliphatic heterocycles. The maximum Gasteiger partial charge on any atom is 0.189 e. The van der Waals surface area contributed by atoms with Crippen molar-refractivity contribution in [2.75, 3.05) is 0 Å². The zero-order valence-electron chi connectivity index (χ0n) is 20.2. The summed E-state index contributed by atoms with van der Waals surface area (Å²) in [7, 11) is -3.61. The molecule has 2 nitrogen and oxygen atoms in total. The zero-order chi connectivity index (χ0) is 23.7. The van der Waals surface area contributed by atoms with E-state index in [1.807, 2.05) is 42.5 Å². The second kappa shape index (κ2) is 7.80. The molecule has 0 amide bonds. The van der Waals surface area contributed by atoms with Gasteiger partial charge in [-0.25, -0.2) is 8.42 Å². The second-order valence-electron chi connectivity index (χ2n) is 12.1. The van der Waals surface area contributed by atoms with Gasteiger partial charge in [-0.15, -0.1) is 0 Å². The largest absolute Gasteiger partial charge is 0.223 e. The van der Waals surface area contributed by atoms with Gasteiger partial charge in [0.1, 0.15) is 4.75 Å². The molecular formula is C32H34O2S. The van der Waals surface area contributed by atoms with E-state index in [1.165, 1.54) is 44.1 Å². The van der Waals surface area contributed by atoms with Crippen LogP contribution in [0, 0.1) is 29.1 Å². The van der Waals surface area contributed by atoms with E-state index >= 15 is 0 Å². The maximum absolute atomic E-state index is 14.7. The Morgan fingerprint density at radius 1 is 0.657 bits per heavy atom. The van der Waals surface area contributed by atoms with E-state index < -0.39 is 14.6 Å². The van der Waals surface area contributed by atoms with Gasteiger partial charge in [0.2, 0.25) is 0 Å². The van der Waals surface area contributed by atoms with Gasteiger partial charge in [-0.3, -0.25) is 0 Å². The van der Waals surface area contributed by atoms with Crippen LogP contribution in [0.4, 0.5) is 0 Å². The molecule has 5 saturated carbocycles. The van der Waals surface area contributed by atoms with Gasteiger partial charge in [0.25, 0.3) is 0 Å². The van der Waals surface area contributed by atoms with Crippen molar-refractivity contribution in [1.82, 2.24) is 0 Å². The molecule has 3 aromatic carbocycles. The van der Waals surface area contributed by atoms with Gasteiger partial charge in [0.15, 0.2) is 9.84 Å². The van der Waals surface area contributed by atoms with Gasteiger partial charge in [0.05, 0.1) is 4.90 Å².